The van der Waals surface area contributed by atoms with Gasteiger partial charge in [-0.15, -0.1) is 0 Å². The van der Waals surface area contributed by atoms with E-state index in [9.17, 15) is 15.3 Å². The van der Waals surface area contributed by atoms with Gasteiger partial charge in [0.25, 0.3) is 0 Å². The lowest BCUT2D eigenvalue weighted by atomic mass is 9.80. The van der Waals surface area contributed by atoms with Gasteiger partial charge in [-0.25, -0.2) is 0 Å². The van der Waals surface area contributed by atoms with Gasteiger partial charge in [0.2, 0.25) is 0 Å². The van der Waals surface area contributed by atoms with Crippen LogP contribution in [-0.2, 0) is 0 Å². The Morgan fingerprint density at radius 2 is 0.559 bits per heavy atom. The van der Waals surface area contributed by atoms with E-state index in [1.54, 1.807) is 0 Å². The van der Waals surface area contributed by atoms with Crippen molar-refractivity contribution in [2.45, 2.75) is 0 Å². The van der Waals surface area contributed by atoms with Crippen molar-refractivity contribution in [1.82, 2.24) is 13.7 Å². The van der Waals surface area contributed by atoms with Crippen LogP contribution in [0.3, 0.4) is 0 Å². The highest BCUT2D eigenvalue weighted by Gasteiger charge is 2.22. The van der Waals surface area contributed by atoms with Gasteiger partial charge in [-0.2, -0.15) is 0 Å². The Bertz CT molecular complexity index is 3950. The molecular weight excluding hydrogens is 832 g/mol. The number of fused-ring (bicyclic) bond motifs is 9. The standard InChI is InChI=1S/C60H37B2N3O3/c61-56-58(66)55(59(67)57(62)60(56)68)35-19-25-42(26-20-35)65-53-29-23-38(36-21-27-51-45(31-36)43-15-7-9-17-49(43)63(51)40-11-3-1-4-12-40)33-47(53)48-34-39(24-30-54(48)65)37-22-28-52-46(32-37)44-16-8-10-18-50(44)64(52)41-13-5-2-6-14-41/h1-34,66-68H. The van der Waals surface area contributed by atoms with Gasteiger partial charge in [0.15, 0.2) is 0 Å². The third-order valence-electron chi connectivity index (χ3n) is 13.7. The molecule has 3 aromatic heterocycles. The van der Waals surface area contributed by atoms with Crippen molar-refractivity contribution in [3.63, 3.8) is 0 Å². The number of benzene rings is 10. The molecule has 13 aromatic rings. The maximum Gasteiger partial charge on any atom is 0.124 e. The third kappa shape index (κ3) is 5.87. The summed E-state index contributed by atoms with van der Waals surface area (Å²) < 4.78 is 6.92. The molecule has 8 heteroatoms. The minimum Gasteiger partial charge on any atom is -0.509 e. The van der Waals surface area contributed by atoms with E-state index in [4.69, 9.17) is 15.7 Å². The van der Waals surface area contributed by atoms with E-state index >= 15 is 0 Å². The Morgan fingerprint density at radius 3 is 0.941 bits per heavy atom. The van der Waals surface area contributed by atoms with Crippen molar-refractivity contribution in [3.8, 4) is 67.7 Å². The maximum absolute atomic E-state index is 10.9. The van der Waals surface area contributed by atoms with Crippen molar-refractivity contribution in [3.05, 3.63) is 206 Å². The molecule has 0 aliphatic rings. The normalized spacial score (nSPS) is 11.8. The molecule has 4 radical (unpaired) electrons. The quantitative estimate of drug-likeness (QED) is 0.146. The van der Waals surface area contributed by atoms with Gasteiger partial charge in [0, 0.05) is 49.4 Å². The highest BCUT2D eigenvalue weighted by molar-refractivity contribution is 6.44. The molecule has 0 fully saturated rings. The number of phenolic OH excluding ortho intramolecular Hbond substituents is 3. The maximum atomic E-state index is 10.9. The van der Waals surface area contributed by atoms with E-state index in [0.29, 0.717) is 5.56 Å². The van der Waals surface area contributed by atoms with Crippen LogP contribution in [0.2, 0.25) is 0 Å². The molecule has 13 rings (SSSR count). The number of phenols is 3. The zero-order valence-corrected chi connectivity index (χ0v) is 36.5. The zero-order chi connectivity index (χ0) is 45.8. The minimum atomic E-state index is -0.554. The minimum absolute atomic E-state index is 0.0496. The van der Waals surface area contributed by atoms with E-state index in [2.05, 4.69) is 184 Å². The number of aromatic nitrogens is 3. The Hall–Kier alpha value is -8.87. The predicted molar refractivity (Wildman–Crippen MR) is 282 cm³/mol. The van der Waals surface area contributed by atoms with E-state index in [-0.39, 0.29) is 16.5 Å². The SMILES string of the molecule is [B]c1c(O)c([B])c(O)c(-c2ccc(-n3c4ccc(-c5ccc6c(c5)c5ccccc5n6-c5ccccc5)cc4c4cc(-c5ccc6c(c5)c5ccccc5n6-c5ccccc5)ccc43)cc2)c1O. The first-order valence-electron chi connectivity index (χ1n) is 22.5. The van der Waals surface area contributed by atoms with Crippen LogP contribution < -0.4 is 10.9 Å². The average Bonchev–Trinajstić information content (AvgIpc) is 4.03. The van der Waals surface area contributed by atoms with Crippen molar-refractivity contribution in [1.29, 1.82) is 0 Å². The van der Waals surface area contributed by atoms with Crippen LogP contribution in [-0.4, -0.2) is 44.7 Å². The summed E-state index contributed by atoms with van der Waals surface area (Å²) in [7, 11) is 12.0. The summed E-state index contributed by atoms with van der Waals surface area (Å²) in [6.07, 6.45) is 0. The number of aromatic hydroxyl groups is 3. The summed E-state index contributed by atoms with van der Waals surface area (Å²) in [5.74, 6) is -1.43. The third-order valence-corrected chi connectivity index (χ3v) is 13.7. The van der Waals surface area contributed by atoms with Crippen LogP contribution in [0, 0.1) is 0 Å². The Labute approximate surface area is 393 Å². The summed E-state index contributed by atoms with van der Waals surface area (Å²) in [4.78, 5) is 0. The monoisotopic (exact) mass is 869 g/mol. The van der Waals surface area contributed by atoms with E-state index in [0.717, 1.165) is 83.2 Å². The molecule has 0 aliphatic heterocycles. The second kappa shape index (κ2) is 15.1. The number of para-hydroxylation sites is 4. The van der Waals surface area contributed by atoms with E-state index in [1.807, 2.05) is 36.4 Å². The first-order chi connectivity index (χ1) is 33.3. The predicted octanol–water partition coefficient (Wildman–Crippen LogP) is 12.7. The van der Waals surface area contributed by atoms with Crippen molar-refractivity contribution >= 4 is 92.0 Å². The fourth-order valence-corrected chi connectivity index (χ4v) is 10.5. The van der Waals surface area contributed by atoms with Crippen LogP contribution in [0.15, 0.2) is 206 Å². The Kier molecular flexibility index (Phi) is 8.76. The molecule has 0 bridgehead atoms. The molecule has 0 amide bonds. The van der Waals surface area contributed by atoms with Crippen molar-refractivity contribution in [2.24, 2.45) is 0 Å². The summed E-state index contributed by atoms with van der Waals surface area (Å²) in [5.41, 5.74) is 14.1. The van der Waals surface area contributed by atoms with Gasteiger partial charge in [0.05, 0.1) is 38.7 Å². The fraction of sp³-hybridized carbons (Fsp3) is 0. The topological polar surface area (TPSA) is 75.5 Å². The van der Waals surface area contributed by atoms with E-state index in [1.165, 1.54) is 21.5 Å². The van der Waals surface area contributed by atoms with Crippen LogP contribution >= 0.6 is 0 Å². The van der Waals surface area contributed by atoms with Crippen LogP contribution in [0.25, 0.3) is 116 Å². The highest BCUT2D eigenvalue weighted by atomic mass is 16.3. The molecular formula is C60H37B2N3O3. The first kappa shape index (κ1) is 39.5. The molecule has 0 saturated heterocycles. The average molecular weight is 870 g/mol. The molecule has 68 heavy (non-hydrogen) atoms. The molecule has 3 N–H and O–H groups in total. The van der Waals surface area contributed by atoms with Gasteiger partial charge >= 0.3 is 0 Å². The molecule has 0 unspecified atom stereocenters. The number of hydrogen-bond acceptors (Lipinski definition) is 3. The molecule has 0 saturated carbocycles. The van der Waals surface area contributed by atoms with Crippen LogP contribution in [0.4, 0.5) is 0 Å². The highest BCUT2D eigenvalue weighted by Crippen LogP contribution is 2.42. The number of nitrogens with zero attached hydrogens (tertiary/aromatic N) is 3. The number of hydrogen-bond donors (Lipinski definition) is 3. The van der Waals surface area contributed by atoms with Gasteiger partial charge in [-0.1, -0.05) is 109 Å². The molecule has 316 valence electrons. The number of rotatable bonds is 6. The van der Waals surface area contributed by atoms with Crippen molar-refractivity contribution < 1.29 is 15.3 Å². The summed E-state index contributed by atoms with van der Waals surface area (Å²) in [5, 5.41) is 39.1. The molecule has 10 aromatic carbocycles. The zero-order valence-electron chi connectivity index (χ0n) is 36.5. The molecule has 3 heterocycles. The fourth-order valence-electron chi connectivity index (χ4n) is 10.5. The first-order valence-corrected chi connectivity index (χ1v) is 22.5. The summed E-state index contributed by atoms with van der Waals surface area (Å²) in [6, 6.07) is 72.7. The van der Waals surface area contributed by atoms with Gasteiger partial charge in [-0.3, -0.25) is 0 Å². The largest absolute Gasteiger partial charge is 0.509 e. The Balaban J connectivity index is 1.00. The Morgan fingerprint density at radius 1 is 0.265 bits per heavy atom. The lowest BCUT2D eigenvalue weighted by molar-refractivity contribution is 0.442. The molecule has 0 aliphatic carbocycles. The molecule has 0 spiro atoms. The second-order valence-corrected chi connectivity index (χ2v) is 17.4. The smallest absolute Gasteiger partial charge is 0.124 e. The van der Waals surface area contributed by atoms with Gasteiger partial charge < -0.3 is 29.0 Å². The lowest BCUT2D eigenvalue weighted by Crippen LogP contribution is -2.17. The van der Waals surface area contributed by atoms with Crippen LogP contribution in [0.1, 0.15) is 0 Å². The van der Waals surface area contributed by atoms with Gasteiger partial charge in [0.1, 0.15) is 32.9 Å². The molecule has 0 atom stereocenters. The lowest BCUT2D eigenvalue weighted by Gasteiger charge is -2.16. The summed E-state index contributed by atoms with van der Waals surface area (Å²) in [6.45, 7) is 0. The molecule has 6 nitrogen and oxygen atoms in total. The second-order valence-electron chi connectivity index (χ2n) is 17.4. The summed E-state index contributed by atoms with van der Waals surface area (Å²) >= 11 is 0. The van der Waals surface area contributed by atoms with Crippen molar-refractivity contribution in [2.75, 3.05) is 0 Å². The van der Waals surface area contributed by atoms with Gasteiger partial charge in [-0.05, 0) is 136 Å². The van der Waals surface area contributed by atoms with E-state index < -0.39 is 17.2 Å². The van der Waals surface area contributed by atoms with Crippen LogP contribution in [0.5, 0.6) is 17.2 Å².